The zero-order chi connectivity index (χ0) is 13.3. The van der Waals surface area contributed by atoms with Crippen LogP contribution in [0, 0.1) is 27.7 Å². The van der Waals surface area contributed by atoms with Gasteiger partial charge < -0.3 is 5.32 Å². The number of aryl methyl sites for hydroxylation is 2. The van der Waals surface area contributed by atoms with E-state index in [9.17, 15) is 0 Å². The van der Waals surface area contributed by atoms with Gasteiger partial charge in [-0.15, -0.1) is 0 Å². The molecule has 1 heterocycles. The smallest absolute Gasteiger partial charge is 0.130 e. The summed E-state index contributed by atoms with van der Waals surface area (Å²) >= 11 is 3.46. The van der Waals surface area contributed by atoms with Crippen molar-refractivity contribution in [2.45, 2.75) is 27.7 Å². The Morgan fingerprint density at radius 3 is 2.33 bits per heavy atom. The summed E-state index contributed by atoms with van der Waals surface area (Å²) in [5.74, 6) is 0.877. The molecule has 1 N–H and O–H groups in total. The number of hydrogen-bond acceptors (Lipinski definition) is 2. The molecule has 3 heteroatoms. The summed E-state index contributed by atoms with van der Waals surface area (Å²) in [5, 5.41) is 3.38. The third kappa shape index (κ3) is 2.56. The lowest BCUT2D eigenvalue weighted by atomic mass is 10.0. The molecule has 2 rings (SSSR count). The Balaban J connectivity index is 2.34. The summed E-state index contributed by atoms with van der Waals surface area (Å²) in [7, 11) is 0. The standard InChI is InChI=1S/C15H17BrN2/c1-9-5-7-14(11(3)10(9)2)18-15-8-6-13(16)12(4)17-15/h5-8H,1-4H3,(H,17,18). The molecule has 0 saturated carbocycles. The molecular weight excluding hydrogens is 288 g/mol. The maximum absolute atomic E-state index is 4.50. The quantitative estimate of drug-likeness (QED) is 0.860. The van der Waals surface area contributed by atoms with Crippen LogP contribution in [0.2, 0.25) is 0 Å². The summed E-state index contributed by atoms with van der Waals surface area (Å²) in [6.07, 6.45) is 0. The van der Waals surface area contributed by atoms with Crippen LogP contribution in [0.3, 0.4) is 0 Å². The van der Waals surface area contributed by atoms with Crippen LogP contribution in [-0.2, 0) is 0 Å². The van der Waals surface area contributed by atoms with Gasteiger partial charge >= 0.3 is 0 Å². The van der Waals surface area contributed by atoms with Crippen molar-refractivity contribution in [2.75, 3.05) is 5.32 Å². The molecule has 0 aliphatic carbocycles. The molecule has 0 aliphatic heterocycles. The Morgan fingerprint density at radius 1 is 0.944 bits per heavy atom. The molecule has 0 amide bonds. The highest BCUT2D eigenvalue weighted by atomic mass is 79.9. The fraction of sp³-hybridized carbons (Fsp3) is 0.267. The molecule has 94 valence electrons. The number of anilines is 2. The van der Waals surface area contributed by atoms with Gasteiger partial charge in [-0.2, -0.15) is 0 Å². The zero-order valence-corrected chi connectivity index (χ0v) is 12.7. The molecule has 0 spiro atoms. The lowest BCUT2D eigenvalue weighted by molar-refractivity contribution is 1.17. The lowest BCUT2D eigenvalue weighted by Crippen LogP contribution is -1.99. The third-order valence-corrected chi connectivity index (χ3v) is 4.18. The van der Waals surface area contributed by atoms with Crippen molar-refractivity contribution in [1.82, 2.24) is 4.98 Å². The molecule has 0 bridgehead atoms. The van der Waals surface area contributed by atoms with Crippen LogP contribution >= 0.6 is 15.9 Å². The molecule has 0 aliphatic rings. The Morgan fingerprint density at radius 2 is 1.67 bits per heavy atom. The number of nitrogens with zero attached hydrogens (tertiary/aromatic N) is 1. The molecule has 0 saturated heterocycles. The van der Waals surface area contributed by atoms with Crippen LogP contribution < -0.4 is 5.32 Å². The number of benzene rings is 1. The fourth-order valence-corrected chi connectivity index (χ4v) is 2.06. The van der Waals surface area contributed by atoms with Gasteiger partial charge in [-0.25, -0.2) is 4.98 Å². The minimum atomic E-state index is 0.877. The molecule has 18 heavy (non-hydrogen) atoms. The normalized spacial score (nSPS) is 10.5. The molecule has 1 aromatic heterocycles. The van der Waals surface area contributed by atoms with E-state index in [0.29, 0.717) is 0 Å². The van der Waals surface area contributed by atoms with Crippen LogP contribution in [0.4, 0.5) is 11.5 Å². The van der Waals surface area contributed by atoms with Crippen LogP contribution in [0.5, 0.6) is 0 Å². The Hall–Kier alpha value is -1.35. The van der Waals surface area contributed by atoms with E-state index in [1.54, 1.807) is 0 Å². The number of aromatic nitrogens is 1. The predicted molar refractivity (Wildman–Crippen MR) is 80.6 cm³/mol. The number of rotatable bonds is 2. The van der Waals surface area contributed by atoms with Gasteiger partial charge in [0.1, 0.15) is 5.82 Å². The van der Waals surface area contributed by atoms with Crippen molar-refractivity contribution in [3.63, 3.8) is 0 Å². The largest absolute Gasteiger partial charge is 0.340 e. The SMILES string of the molecule is Cc1ccc(Nc2ccc(Br)c(C)n2)c(C)c1C. The summed E-state index contributed by atoms with van der Waals surface area (Å²) in [6.45, 7) is 8.41. The molecular formula is C15H17BrN2. The van der Waals surface area contributed by atoms with Gasteiger partial charge in [-0.1, -0.05) is 6.07 Å². The van der Waals surface area contributed by atoms with Crippen LogP contribution in [0.25, 0.3) is 0 Å². The van der Waals surface area contributed by atoms with Gasteiger partial charge in [-0.3, -0.25) is 0 Å². The average Bonchev–Trinajstić information content (AvgIpc) is 2.34. The first-order valence-electron chi connectivity index (χ1n) is 5.96. The van der Waals surface area contributed by atoms with Crippen molar-refractivity contribution >= 4 is 27.4 Å². The molecule has 0 atom stereocenters. The van der Waals surface area contributed by atoms with Crippen molar-refractivity contribution < 1.29 is 0 Å². The van der Waals surface area contributed by atoms with Crippen molar-refractivity contribution in [2.24, 2.45) is 0 Å². The second kappa shape index (κ2) is 5.11. The number of pyridine rings is 1. The summed E-state index contributed by atoms with van der Waals surface area (Å²) in [4.78, 5) is 4.50. The van der Waals surface area contributed by atoms with Crippen molar-refractivity contribution in [3.05, 3.63) is 51.1 Å². The Labute approximate surface area is 117 Å². The van der Waals surface area contributed by atoms with Gasteiger partial charge in [0.2, 0.25) is 0 Å². The van der Waals surface area contributed by atoms with E-state index in [-0.39, 0.29) is 0 Å². The van der Waals surface area contributed by atoms with Gasteiger partial charge in [0, 0.05) is 10.2 Å². The van der Waals surface area contributed by atoms with Crippen LogP contribution in [0.15, 0.2) is 28.7 Å². The topological polar surface area (TPSA) is 24.9 Å². The lowest BCUT2D eigenvalue weighted by Gasteiger charge is -2.13. The second-order valence-electron chi connectivity index (χ2n) is 4.57. The Bertz CT molecular complexity index is 591. The van der Waals surface area contributed by atoms with Crippen LogP contribution in [-0.4, -0.2) is 4.98 Å². The Kier molecular flexibility index (Phi) is 3.71. The van der Waals surface area contributed by atoms with E-state index in [1.165, 1.54) is 16.7 Å². The highest BCUT2D eigenvalue weighted by Gasteiger charge is 2.05. The first-order valence-corrected chi connectivity index (χ1v) is 6.75. The van der Waals surface area contributed by atoms with Gasteiger partial charge in [-0.05, 0) is 78.5 Å². The minimum Gasteiger partial charge on any atom is -0.340 e. The monoisotopic (exact) mass is 304 g/mol. The van der Waals surface area contributed by atoms with E-state index in [2.05, 4.69) is 59.1 Å². The van der Waals surface area contributed by atoms with Gasteiger partial charge in [0.15, 0.2) is 0 Å². The molecule has 0 fully saturated rings. The minimum absolute atomic E-state index is 0.877. The van der Waals surface area contributed by atoms with E-state index in [4.69, 9.17) is 0 Å². The van der Waals surface area contributed by atoms with Crippen molar-refractivity contribution in [1.29, 1.82) is 0 Å². The van der Waals surface area contributed by atoms with Gasteiger partial charge in [0.05, 0.1) is 5.69 Å². The van der Waals surface area contributed by atoms with E-state index < -0.39 is 0 Å². The number of hydrogen-bond donors (Lipinski definition) is 1. The predicted octanol–water partition coefficient (Wildman–Crippen LogP) is 4.82. The highest BCUT2D eigenvalue weighted by Crippen LogP contribution is 2.25. The molecule has 0 unspecified atom stereocenters. The fourth-order valence-electron chi connectivity index (χ4n) is 1.84. The van der Waals surface area contributed by atoms with Gasteiger partial charge in [0.25, 0.3) is 0 Å². The maximum atomic E-state index is 4.50. The maximum Gasteiger partial charge on any atom is 0.130 e. The highest BCUT2D eigenvalue weighted by molar-refractivity contribution is 9.10. The second-order valence-corrected chi connectivity index (χ2v) is 5.42. The summed E-state index contributed by atoms with van der Waals surface area (Å²) < 4.78 is 1.03. The van der Waals surface area contributed by atoms with E-state index in [0.717, 1.165) is 21.7 Å². The first kappa shape index (κ1) is 13.1. The molecule has 1 aromatic carbocycles. The molecule has 2 aromatic rings. The average molecular weight is 305 g/mol. The zero-order valence-electron chi connectivity index (χ0n) is 11.1. The van der Waals surface area contributed by atoms with Crippen molar-refractivity contribution in [3.8, 4) is 0 Å². The van der Waals surface area contributed by atoms with E-state index in [1.807, 2.05) is 19.1 Å². The molecule has 2 nitrogen and oxygen atoms in total. The first-order chi connectivity index (χ1) is 8.49. The number of halogens is 1. The number of nitrogens with one attached hydrogen (secondary N) is 1. The summed E-state index contributed by atoms with van der Waals surface area (Å²) in [6, 6.07) is 8.24. The van der Waals surface area contributed by atoms with Crippen LogP contribution in [0.1, 0.15) is 22.4 Å². The third-order valence-electron chi connectivity index (χ3n) is 3.34. The molecule has 0 radical (unpaired) electrons. The summed E-state index contributed by atoms with van der Waals surface area (Å²) in [5.41, 5.74) is 6.03. The van der Waals surface area contributed by atoms with E-state index >= 15 is 0 Å².